The van der Waals surface area contributed by atoms with E-state index in [1.165, 1.54) is 27.0 Å². The highest BCUT2D eigenvalue weighted by Gasteiger charge is 2.40. The summed E-state index contributed by atoms with van der Waals surface area (Å²) in [7, 11) is -3.64. The molecule has 1 aromatic carbocycles. The minimum absolute atomic E-state index is 0.272. The quantitative estimate of drug-likeness (QED) is 0.695. The van der Waals surface area contributed by atoms with Crippen molar-refractivity contribution in [3.8, 4) is 0 Å². The van der Waals surface area contributed by atoms with Gasteiger partial charge >= 0.3 is 0 Å². The number of anilines is 1. The maximum Gasteiger partial charge on any atom is 0.253 e. The van der Waals surface area contributed by atoms with Crippen LogP contribution in [0, 0.1) is 13.8 Å². The summed E-state index contributed by atoms with van der Waals surface area (Å²) in [5.41, 5.74) is 3.08. The minimum atomic E-state index is -3.64. The average molecular weight is 422 g/mol. The Bertz CT molecular complexity index is 1100. The zero-order valence-electron chi connectivity index (χ0n) is 14.9. The van der Waals surface area contributed by atoms with E-state index in [1.807, 2.05) is 19.9 Å². The van der Waals surface area contributed by atoms with Crippen molar-refractivity contribution in [3.63, 3.8) is 0 Å². The predicted molar refractivity (Wildman–Crippen MR) is 109 cm³/mol. The summed E-state index contributed by atoms with van der Waals surface area (Å²) in [4.78, 5) is 17.3. The number of carbonyl (C=O) groups excluding carboxylic acids is 1. The van der Waals surface area contributed by atoms with Crippen molar-refractivity contribution in [1.82, 2.24) is 9.29 Å². The Morgan fingerprint density at radius 3 is 2.89 bits per heavy atom. The fraction of sp³-hybridized carbons (Fsp3) is 0.333. The summed E-state index contributed by atoms with van der Waals surface area (Å²) >= 11 is 2.59. The van der Waals surface area contributed by atoms with Gasteiger partial charge in [-0.3, -0.25) is 4.79 Å². The molecular formula is C18H19N3O3S3. The third kappa shape index (κ3) is 3.40. The lowest BCUT2D eigenvalue weighted by Gasteiger charge is -2.22. The van der Waals surface area contributed by atoms with Crippen molar-refractivity contribution < 1.29 is 13.2 Å². The molecule has 1 saturated heterocycles. The normalized spacial score (nSPS) is 18.2. The predicted octanol–water partition coefficient (Wildman–Crippen LogP) is 3.77. The third-order valence-electron chi connectivity index (χ3n) is 4.61. The number of carbonyl (C=O) groups is 1. The van der Waals surface area contributed by atoms with E-state index in [4.69, 9.17) is 0 Å². The highest BCUT2D eigenvalue weighted by atomic mass is 32.2. The lowest BCUT2D eigenvalue weighted by molar-refractivity contribution is -0.119. The number of aromatic nitrogens is 1. The van der Waals surface area contributed by atoms with Crippen LogP contribution < -0.4 is 5.32 Å². The molecule has 0 saturated carbocycles. The first-order chi connectivity index (χ1) is 12.9. The number of hydrogen-bond acceptors (Lipinski definition) is 6. The Morgan fingerprint density at radius 2 is 2.15 bits per heavy atom. The van der Waals surface area contributed by atoms with Crippen molar-refractivity contribution in [2.24, 2.45) is 0 Å². The molecule has 142 valence electrons. The van der Waals surface area contributed by atoms with E-state index in [2.05, 4.69) is 16.4 Å². The van der Waals surface area contributed by atoms with Gasteiger partial charge in [-0.25, -0.2) is 13.4 Å². The van der Waals surface area contributed by atoms with Crippen LogP contribution in [0.3, 0.4) is 0 Å². The minimum Gasteiger partial charge on any atom is -0.301 e. The van der Waals surface area contributed by atoms with E-state index in [0.717, 1.165) is 21.3 Å². The lowest BCUT2D eigenvalue weighted by atomic mass is 10.1. The van der Waals surface area contributed by atoms with Crippen LogP contribution in [-0.2, 0) is 14.8 Å². The molecule has 27 heavy (non-hydrogen) atoms. The second-order valence-electron chi connectivity index (χ2n) is 6.64. The first kappa shape index (κ1) is 18.5. The number of rotatable bonds is 4. The molecule has 0 bridgehead atoms. The number of hydrogen-bond donors (Lipinski definition) is 1. The topological polar surface area (TPSA) is 79.4 Å². The number of nitrogens with zero attached hydrogens (tertiary/aromatic N) is 2. The van der Waals surface area contributed by atoms with E-state index in [9.17, 15) is 13.2 Å². The second-order valence-corrected chi connectivity index (χ2v) is 10.7. The van der Waals surface area contributed by atoms with Crippen molar-refractivity contribution in [1.29, 1.82) is 0 Å². The highest BCUT2D eigenvalue weighted by molar-refractivity contribution is 7.91. The molecule has 3 heterocycles. The van der Waals surface area contributed by atoms with Gasteiger partial charge in [0.25, 0.3) is 10.0 Å². The molecule has 3 aromatic rings. The van der Waals surface area contributed by atoms with Crippen LogP contribution in [-0.4, -0.2) is 36.2 Å². The van der Waals surface area contributed by atoms with Crippen molar-refractivity contribution in [2.45, 2.75) is 36.9 Å². The highest BCUT2D eigenvalue weighted by Crippen LogP contribution is 2.32. The molecule has 1 N–H and O–H groups in total. The van der Waals surface area contributed by atoms with Gasteiger partial charge in [0.15, 0.2) is 5.13 Å². The number of fused-ring (bicyclic) bond motifs is 1. The van der Waals surface area contributed by atoms with Crippen LogP contribution in [0.4, 0.5) is 5.13 Å². The summed E-state index contributed by atoms with van der Waals surface area (Å²) < 4.78 is 28.3. The van der Waals surface area contributed by atoms with Crippen LogP contribution >= 0.6 is 22.7 Å². The summed E-state index contributed by atoms with van der Waals surface area (Å²) in [5.74, 6) is -0.318. The standard InChI is InChI=1S/C18H19N3O3S3/c1-11-9-12(2)16-13(10-11)19-18(26-16)20-17(22)14-5-3-7-21(14)27(23,24)15-6-4-8-25-15/h4,6,8-10,14H,3,5,7H2,1-2H3,(H,19,20,22). The maximum atomic E-state index is 12.8. The molecule has 4 rings (SSSR count). The Hall–Kier alpha value is -1.81. The van der Waals surface area contributed by atoms with E-state index in [0.29, 0.717) is 24.5 Å². The molecule has 0 radical (unpaired) electrons. The Kier molecular flexibility index (Phi) is 4.79. The van der Waals surface area contributed by atoms with Gasteiger partial charge in [-0.1, -0.05) is 23.5 Å². The Morgan fingerprint density at radius 1 is 1.33 bits per heavy atom. The van der Waals surface area contributed by atoms with Gasteiger partial charge in [0.05, 0.1) is 10.2 Å². The van der Waals surface area contributed by atoms with E-state index in [-0.39, 0.29) is 10.1 Å². The third-order valence-corrected chi connectivity index (χ3v) is 9.02. The summed E-state index contributed by atoms with van der Waals surface area (Å²) in [5, 5.41) is 5.06. The van der Waals surface area contributed by atoms with E-state index in [1.54, 1.807) is 17.5 Å². The first-order valence-electron chi connectivity index (χ1n) is 8.60. The van der Waals surface area contributed by atoms with Gasteiger partial charge in [-0.2, -0.15) is 4.31 Å². The molecule has 1 fully saturated rings. The monoisotopic (exact) mass is 421 g/mol. The van der Waals surface area contributed by atoms with Crippen LogP contribution in [0.5, 0.6) is 0 Å². The van der Waals surface area contributed by atoms with Crippen LogP contribution in [0.25, 0.3) is 10.2 Å². The van der Waals surface area contributed by atoms with Crippen molar-refractivity contribution >= 4 is 54.0 Å². The Labute approximate surface area is 165 Å². The second kappa shape index (κ2) is 6.97. The zero-order chi connectivity index (χ0) is 19.2. The van der Waals surface area contributed by atoms with Crippen molar-refractivity contribution in [2.75, 3.05) is 11.9 Å². The zero-order valence-corrected chi connectivity index (χ0v) is 17.4. The molecule has 1 amide bonds. The SMILES string of the molecule is Cc1cc(C)c2sc(NC(=O)C3CCCN3S(=O)(=O)c3cccs3)nc2c1. The number of benzene rings is 1. The molecule has 1 atom stereocenters. The molecular weight excluding hydrogens is 402 g/mol. The molecule has 1 aliphatic heterocycles. The van der Waals surface area contributed by atoms with E-state index < -0.39 is 16.1 Å². The number of thiazole rings is 1. The maximum absolute atomic E-state index is 12.8. The smallest absolute Gasteiger partial charge is 0.253 e. The van der Waals surface area contributed by atoms with Gasteiger partial charge in [0.1, 0.15) is 10.3 Å². The number of aryl methyl sites for hydroxylation is 2. The number of amides is 1. The molecule has 1 aliphatic rings. The van der Waals surface area contributed by atoms with Gasteiger partial charge in [0, 0.05) is 6.54 Å². The van der Waals surface area contributed by atoms with Gasteiger partial charge in [-0.15, -0.1) is 11.3 Å². The largest absolute Gasteiger partial charge is 0.301 e. The molecule has 0 aliphatic carbocycles. The fourth-order valence-electron chi connectivity index (χ4n) is 3.43. The number of sulfonamides is 1. The fourth-order valence-corrected chi connectivity index (χ4v) is 7.13. The van der Waals surface area contributed by atoms with Crippen LogP contribution in [0.1, 0.15) is 24.0 Å². The lowest BCUT2D eigenvalue weighted by Crippen LogP contribution is -2.42. The number of nitrogens with one attached hydrogen (secondary N) is 1. The summed E-state index contributed by atoms with van der Waals surface area (Å²) in [6.45, 7) is 4.39. The molecule has 9 heteroatoms. The summed E-state index contributed by atoms with van der Waals surface area (Å²) in [6, 6.07) is 6.64. The van der Waals surface area contributed by atoms with Gasteiger partial charge < -0.3 is 5.32 Å². The molecule has 1 unspecified atom stereocenters. The molecule has 2 aromatic heterocycles. The number of thiophene rings is 1. The van der Waals surface area contributed by atoms with Crippen LogP contribution in [0.15, 0.2) is 33.9 Å². The molecule has 6 nitrogen and oxygen atoms in total. The van der Waals surface area contributed by atoms with Crippen molar-refractivity contribution in [3.05, 3.63) is 40.8 Å². The van der Waals surface area contributed by atoms with E-state index >= 15 is 0 Å². The van der Waals surface area contributed by atoms with Gasteiger partial charge in [0.2, 0.25) is 5.91 Å². The summed E-state index contributed by atoms with van der Waals surface area (Å²) in [6.07, 6.45) is 1.18. The Balaban J connectivity index is 1.58. The van der Waals surface area contributed by atoms with Crippen LogP contribution in [0.2, 0.25) is 0 Å². The van der Waals surface area contributed by atoms with Gasteiger partial charge in [-0.05, 0) is 55.3 Å². The average Bonchev–Trinajstić information content (AvgIpc) is 3.35. The first-order valence-corrected chi connectivity index (χ1v) is 11.7. The molecule has 0 spiro atoms.